The molecule has 0 aromatic heterocycles. The molecule has 0 atom stereocenters. The SMILES string of the molecule is C#CCc1cccc(NC(=O)C(=O)OC)c1. The molecule has 1 aromatic rings. The van der Waals surface area contributed by atoms with E-state index in [1.807, 2.05) is 6.07 Å². The summed E-state index contributed by atoms with van der Waals surface area (Å²) in [5, 5.41) is 2.41. The molecule has 0 aliphatic carbocycles. The van der Waals surface area contributed by atoms with Gasteiger partial charge in [-0.05, 0) is 17.7 Å². The van der Waals surface area contributed by atoms with Crippen molar-refractivity contribution in [3.05, 3.63) is 29.8 Å². The minimum atomic E-state index is -0.928. The molecule has 1 rings (SSSR count). The lowest BCUT2D eigenvalue weighted by atomic mass is 10.1. The number of hydrogen-bond donors (Lipinski definition) is 1. The van der Waals surface area contributed by atoms with Crippen LogP contribution in [0.25, 0.3) is 0 Å². The van der Waals surface area contributed by atoms with Crippen LogP contribution in [0, 0.1) is 12.3 Å². The highest BCUT2D eigenvalue weighted by Gasteiger charge is 2.13. The first-order valence-electron chi connectivity index (χ1n) is 4.59. The average Bonchev–Trinajstić information content (AvgIpc) is 2.29. The highest BCUT2D eigenvalue weighted by molar-refractivity contribution is 6.37. The van der Waals surface area contributed by atoms with Crippen molar-refractivity contribution in [2.24, 2.45) is 0 Å². The third-order valence-corrected chi connectivity index (χ3v) is 1.86. The summed E-state index contributed by atoms with van der Waals surface area (Å²) in [6, 6.07) is 6.97. The van der Waals surface area contributed by atoms with Crippen LogP contribution in [-0.4, -0.2) is 19.0 Å². The molecule has 0 fully saturated rings. The molecule has 0 saturated carbocycles. The molecule has 0 unspecified atom stereocenters. The Kier molecular flexibility index (Phi) is 4.10. The maximum atomic E-state index is 11.2. The Morgan fingerprint density at radius 1 is 1.50 bits per heavy atom. The molecule has 0 radical (unpaired) electrons. The van der Waals surface area contributed by atoms with Crippen LogP contribution in [0.1, 0.15) is 5.56 Å². The topological polar surface area (TPSA) is 55.4 Å². The Morgan fingerprint density at radius 2 is 2.25 bits per heavy atom. The molecule has 0 aliphatic heterocycles. The molecular formula is C12H11NO3. The third kappa shape index (κ3) is 3.14. The number of benzene rings is 1. The molecular weight excluding hydrogens is 206 g/mol. The number of carbonyl (C=O) groups is 2. The summed E-state index contributed by atoms with van der Waals surface area (Å²) in [6.07, 6.45) is 5.64. The van der Waals surface area contributed by atoms with E-state index < -0.39 is 11.9 Å². The smallest absolute Gasteiger partial charge is 0.396 e. The van der Waals surface area contributed by atoms with Crippen LogP contribution in [-0.2, 0) is 20.7 Å². The molecule has 16 heavy (non-hydrogen) atoms. The van der Waals surface area contributed by atoms with Gasteiger partial charge in [-0.15, -0.1) is 12.3 Å². The van der Waals surface area contributed by atoms with Crippen LogP contribution in [0.2, 0.25) is 0 Å². The fourth-order valence-corrected chi connectivity index (χ4v) is 1.15. The van der Waals surface area contributed by atoms with Crippen molar-refractivity contribution in [3.63, 3.8) is 0 Å². The van der Waals surface area contributed by atoms with Crippen molar-refractivity contribution < 1.29 is 14.3 Å². The lowest BCUT2D eigenvalue weighted by Gasteiger charge is -2.04. The molecule has 1 amide bonds. The van der Waals surface area contributed by atoms with Crippen LogP contribution in [0.15, 0.2) is 24.3 Å². The number of ether oxygens (including phenoxy) is 1. The second-order valence-corrected chi connectivity index (χ2v) is 3.03. The van der Waals surface area contributed by atoms with Crippen molar-refractivity contribution in [2.45, 2.75) is 6.42 Å². The largest absolute Gasteiger partial charge is 0.462 e. The van der Waals surface area contributed by atoms with Gasteiger partial charge in [-0.25, -0.2) is 4.79 Å². The molecule has 0 bridgehead atoms. The molecule has 0 aliphatic rings. The van der Waals surface area contributed by atoms with E-state index >= 15 is 0 Å². The predicted molar refractivity (Wildman–Crippen MR) is 59.6 cm³/mol. The number of nitrogens with one attached hydrogen (secondary N) is 1. The van der Waals surface area contributed by atoms with Crippen LogP contribution in [0.4, 0.5) is 5.69 Å². The first-order valence-corrected chi connectivity index (χ1v) is 4.59. The minimum Gasteiger partial charge on any atom is -0.462 e. The van der Waals surface area contributed by atoms with Gasteiger partial charge in [-0.1, -0.05) is 12.1 Å². The Labute approximate surface area is 93.6 Å². The lowest BCUT2D eigenvalue weighted by molar-refractivity contribution is -0.150. The van der Waals surface area contributed by atoms with Crippen LogP contribution >= 0.6 is 0 Å². The lowest BCUT2D eigenvalue weighted by Crippen LogP contribution is -2.23. The van der Waals surface area contributed by atoms with E-state index in [2.05, 4.69) is 16.0 Å². The zero-order valence-electron chi connectivity index (χ0n) is 8.82. The zero-order valence-corrected chi connectivity index (χ0v) is 8.82. The van der Waals surface area contributed by atoms with Crippen molar-refractivity contribution in [3.8, 4) is 12.3 Å². The second kappa shape index (κ2) is 5.56. The summed E-state index contributed by atoms with van der Waals surface area (Å²) >= 11 is 0. The van der Waals surface area contributed by atoms with Gasteiger partial charge in [0.25, 0.3) is 0 Å². The molecule has 82 valence electrons. The fourth-order valence-electron chi connectivity index (χ4n) is 1.15. The van der Waals surface area contributed by atoms with E-state index in [1.165, 1.54) is 0 Å². The van der Waals surface area contributed by atoms with E-state index in [1.54, 1.807) is 18.2 Å². The van der Waals surface area contributed by atoms with Gasteiger partial charge in [-0.3, -0.25) is 4.79 Å². The standard InChI is InChI=1S/C12H11NO3/c1-3-5-9-6-4-7-10(8-9)13-11(14)12(15)16-2/h1,4,6-8H,5H2,2H3,(H,13,14). The third-order valence-electron chi connectivity index (χ3n) is 1.86. The minimum absolute atomic E-state index is 0.474. The van der Waals surface area contributed by atoms with E-state index in [0.717, 1.165) is 12.7 Å². The summed E-state index contributed by atoms with van der Waals surface area (Å²) in [5.74, 6) is 0.761. The summed E-state index contributed by atoms with van der Waals surface area (Å²) in [5.41, 5.74) is 1.41. The second-order valence-electron chi connectivity index (χ2n) is 3.03. The maximum absolute atomic E-state index is 11.2. The normalized spacial score (nSPS) is 9.00. The first kappa shape index (κ1) is 11.8. The number of hydrogen-bond acceptors (Lipinski definition) is 3. The number of rotatable bonds is 2. The highest BCUT2D eigenvalue weighted by atomic mass is 16.5. The van der Waals surface area contributed by atoms with Crippen molar-refractivity contribution in [1.29, 1.82) is 0 Å². The van der Waals surface area contributed by atoms with E-state index in [9.17, 15) is 9.59 Å². The Hall–Kier alpha value is -2.28. The number of carbonyl (C=O) groups excluding carboxylic acids is 2. The van der Waals surface area contributed by atoms with Gasteiger partial charge in [0, 0.05) is 12.1 Å². The van der Waals surface area contributed by atoms with Gasteiger partial charge < -0.3 is 10.1 Å². The molecule has 0 saturated heterocycles. The summed E-state index contributed by atoms with van der Waals surface area (Å²) in [4.78, 5) is 22.0. The monoisotopic (exact) mass is 217 g/mol. The average molecular weight is 217 g/mol. The molecule has 1 aromatic carbocycles. The highest BCUT2D eigenvalue weighted by Crippen LogP contribution is 2.10. The quantitative estimate of drug-likeness (QED) is 0.456. The Balaban J connectivity index is 2.74. The number of esters is 1. The number of amides is 1. The Bertz CT molecular complexity index is 446. The van der Waals surface area contributed by atoms with Gasteiger partial charge in [0.1, 0.15) is 0 Å². The molecule has 0 heterocycles. The van der Waals surface area contributed by atoms with Gasteiger partial charge in [0.15, 0.2) is 0 Å². The van der Waals surface area contributed by atoms with Crippen molar-refractivity contribution in [2.75, 3.05) is 12.4 Å². The van der Waals surface area contributed by atoms with Gasteiger partial charge in [0.2, 0.25) is 0 Å². The van der Waals surface area contributed by atoms with E-state index in [4.69, 9.17) is 6.42 Å². The van der Waals surface area contributed by atoms with Gasteiger partial charge in [0.05, 0.1) is 7.11 Å². The van der Waals surface area contributed by atoms with Crippen molar-refractivity contribution in [1.82, 2.24) is 0 Å². The van der Waals surface area contributed by atoms with Crippen LogP contribution < -0.4 is 5.32 Å². The summed E-state index contributed by atoms with van der Waals surface area (Å²) in [7, 11) is 1.15. The Morgan fingerprint density at radius 3 is 2.88 bits per heavy atom. The summed E-state index contributed by atoms with van der Waals surface area (Å²) in [6.45, 7) is 0. The number of methoxy groups -OCH3 is 1. The fraction of sp³-hybridized carbons (Fsp3) is 0.167. The van der Waals surface area contributed by atoms with Gasteiger partial charge >= 0.3 is 11.9 Å². The van der Waals surface area contributed by atoms with Gasteiger partial charge in [-0.2, -0.15) is 0 Å². The maximum Gasteiger partial charge on any atom is 0.396 e. The predicted octanol–water partition coefficient (Wildman–Crippen LogP) is 0.974. The summed E-state index contributed by atoms with van der Waals surface area (Å²) < 4.78 is 4.28. The zero-order chi connectivity index (χ0) is 12.0. The molecule has 1 N–H and O–H groups in total. The van der Waals surface area contributed by atoms with Crippen LogP contribution in [0.5, 0.6) is 0 Å². The molecule has 0 spiro atoms. The first-order chi connectivity index (χ1) is 7.67. The van der Waals surface area contributed by atoms with E-state index in [0.29, 0.717) is 12.1 Å². The van der Waals surface area contributed by atoms with E-state index in [-0.39, 0.29) is 0 Å². The number of anilines is 1. The van der Waals surface area contributed by atoms with Crippen LogP contribution in [0.3, 0.4) is 0 Å². The molecule has 4 nitrogen and oxygen atoms in total. The molecule has 4 heteroatoms. The van der Waals surface area contributed by atoms with Crippen molar-refractivity contribution >= 4 is 17.6 Å². The number of terminal acetylenes is 1.